The molecule has 0 radical (unpaired) electrons. The van der Waals surface area contributed by atoms with Crippen LogP contribution < -0.4 is 5.32 Å². The van der Waals surface area contributed by atoms with E-state index >= 15 is 0 Å². The monoisotopic (exact) mass is 284 g/mol. The molecule has 1 heterocycles. The van der Waals surface area contributed by atoms with Gasteiger partial charge in [0.25, 0.3) is 5.91 Å². The van der Waals surface area contributed by atoms with Crippen LogP contribution in [0.2, 0.25) is 0 Å². The van der Waals surface area contributed by atoms with Crippen LogP contribution >= 0.6 is 0 Å². The number of carbonyl (C=O) groups excluding carboxylic acids is 1. The van der Waals surface area contributed by atoms with Gasteiger partial charge in [0, 0.05) is 18.0 Å². The largest absolute Gasteiger partial charge is 0.384 e. The van der Waals surface area contributed by atoms with Gasteiger partial charge < -0.3 is 10.4 Å². The molecule has 1 aromatic carbocycles. The van der Waals surface area contributed by atoms with Crippen LogP contribution in [0.15, 0.2) is 36.7 Å². The fourth-order valence-corrected chi connectivity index (χ4v) is 1.70. The Kier molecular flexibility index (Phi) is 4.64. The number of aliphatic hydroxyl groups is 1. The molecule has 0 atom stereocenters. The minimum atomic E-state index is -0.502. The molecular formula is C16H13FN2O2. The lowest BCUT2D eigenvalue weighted by molar-refractivity contribution is 0.102. The number of aromatic nitrogens is 1. The maximum Gasteiger partial charge on any atom is 0.257 e. The van der Waals surface area contributed by atoms with E-state index in [4.69, 9.17) is 5.11 Å². The summed E-state index contributed by atoms with van der Waals surface area (Å²) in [5.41, 5.74) is 1.72. The highest BCUT2D eigenvalue weighted by Crippen LogP contribution is 2.16. The molecular weight excluding hydrogens is 271 g/mol. The van der Waals surface area contributed by atoms with Gasteiger partial charge in [-0.25, -0.2) is 4.39 Å². The summed E-state index contributed by atoms with van der Waals surface area (Å²) in [7, 11) is 0. The molecule has 0 unspecified atom stereocenters. The standard InChI is InChI=1S/C16H13FN2O2/c1-11-4-5-14(17)15(7-11)19-16(21)13-8-12(3-2-6-20)9-18-10-13/h4-5,7-10,20H,6H2,1H3,(H,19,21). The smallest absolute Gasteiger partial charge is 0.257 e. The molecule has 2 aromatic rings. The van der Waals surface area contributed by atoms with Crippen LogP contribution in [-0.2, 0) is 0 Å². The van der Waals surface area contributed by atoms with E-state index in [-0.39, 0.29) is 17.9 Å². The summed E-state index contributed by atoms with van der Waals surface area (Å²) in [6.07, 6.45) is 2.85. The second-order valence-corrected chi connectivity index (χ2v) is 4.36. The number of hydrogen-bond donors (Lipinski definition) is 2. The summed E-state index contributed by atoms with van der Waals surface area (Å²) >= 11 is 0. The van der Waals surface area contributed by atoms with Crippen molar-refractivity contribution in [2.45, 2.75) is 6.92 Å². The van der Waals surface area contributed by atoms with Gasteiger partial charge in [0.15, 0.2) is 0 Å². The number of rotatable bonds is 2. The fourth-order valence-electron chi connectivity index (χ4n) is 1.70. The molecule has 2 N–H and O–H groups in total. The molecule has 0 fully saturated rings. The topological polar surface area (TPSA) is 62.2 Å². The van der Waals surface area contributed by atoms with Crippen molar-refractivity contribution < 1.29 is 14.3 Å². The Bertz CT molecular complexity index is 733. The Hall–Kier alpha value is -2.71. The normalized spacial score (nSPS) is 9.67. The average Bonchev–Trinajstić information content (AvgIpc) is 2.49. The lowest BCUT2D eigenvalue weighted by Crippen LogP contribution is -2.13. The maximum absolute atomic E-state index is 13.6. The quantitative estimate of drug-likeness (QED) is 0.830. The number of amides is 1. The third-order valence-electron chi connectivity index (χ3n) is 2.68. The highest BCUT2D eigenvalue weighted by molar-refractivity contribution is 6.04. The van der Waals surface area contributed by atoms with Gasteiger partial charge in [-0.15, -0.1) is 0 Å². The number of nitrogens with zero attached hydrogens (tertiary/aromatic N) is 1. The van der Waals surface area contributed by atoms with Crippen LogP contribution in [-0.4, -0.2) is 22.6 Å². The Balaban J connectivity index is 2.22. The summed E-state index contributed by atoms with van der Waals surface area (Å²) in [6.45, 7) is 1.53. The van der Waals surface area contributed by atoms with Gasteiger partial charge in [-0.3, -0.25) is 9.78 Å². The van der Waals surface area contributed by atoms with E-state index in [0.29, 0.717) is 5.56 Å². The van der Waals surface area contributed by atoms with Crippen LogP contribution in [0, 0.1) is 24.6 Å². The predicted molar refractivity (Wildman–Crippen MR) is 77.3 cm³/mol. The van der Waals surface area contributed by atoms with Gasteiger partial charge >= 0.3 is 0 Å². The molecule has 4 nitrogen and oxygen atoms in total. The zero-order chi connectivity index (χ0) is 15.2. The van der Waals surface area contributed by atoms with E-state index in [2.05, 4.69) is 22.1 Å². The van der Waals surface area contributed by atoms with Crippen LogP contribution in [0.4, 0.5) is 10.1 Å². The first kappa shape index (κ1) is 14.7. The van der Waals surface area contributed by atoms with E-state index in [0.717, 1.165) is 5.56 Å². The molecule has 0 aliphatic rings. The number of pyridine rings is 1. The van der Waals surface area contributed by atoms with Gasteiger partial charge in [0.1, 0.15) is 12.4 Å². The van der Waals surface area contributed by atoms with Crippen molar-refractivity contribution in [1.29, 1.82) is 0 Å². The second-order valence-electron chi connectivity index (χ2n) is 4.36. The Morgan fingerprint density at radius 1 is 1.38 bits per heavy atom. The molecule has 0 aliphatic carbocycles. The molecule has 5 heteroatoms. The number of anilines is 1. The molecule has 106 valence electrons. The Morgan fingerprint density at radius 2 is 2.19 bits per heavy atom. The third kappa shape index (κ3) is 3.88. The minimum absolute atomic E-state index is 0.117. The van der Waals surface area contributed by atoms with Crippen molar-refractivity contribution in [3.8, 4) is 11.8 Å². The number of aliphatic hydroxyl groups excluding tert-OH is 1. The highest BCUT2D eigenvalue weighted by atomic mass is 19.1. The zero-order valence-corrected chi connectivity index (χ0v) is 11.4. The van der Waals surface area contributed by atoms with Crippen molar-refractivity contribution in [3.05, 3.63) is 59.2 Å². The zero-order valence-electron chi connectivity index (χ0n) is 11.4. The van der Waals surface area contributed by atoms with Crippen molar-refractivity contribution in [2.24, 2.45) is 0 Å². The summed E-state index contributed by atoms with van der Waals surface area (Å²) in [5.74, 6) is 4.15. The van der Waals surface area contributed by atoms with Gasteiger partial charge in [-0.1, -0.05) is 17.9 Å². The Morgan fingerprint density at radius 3 is 2.95 bits per heavy atom. The predicted octanol–water partition coefficient (Wildman–Crippen LogP) is 2.13. The van der Waals surface area contributed by atoms with Gasteiger partial charge in [-0.05, 0) is 30.7 Å². The number of benzene rings is 1. The summed E-state index contributed by atoms with van der Waals surface area (Å²) in [5, 5.41) is 11.1. The summed E-state index contributed by atoms with van der Waals surface area (Å²) in [6, 6.07) is 6.00. The first-order valence-electron chi connectivity index (χ1n) is 6.22. The molecule has 0 spiro atoms. The van der Waals surface area contributed by atoms with Crippen molar-refractivity contribution in [3.63, 3.8) is 0 Å². The Labute approximate surface area is 121 Å². The molecule has 0 bridgehead atoms. The number of halogens is 1. The first-order valence-corrected chi connectivity index (χ1v) is 6.22. The highest BCUT2D eigenvalue weighted by Gasteiger charge is 2.10. The number of nitrogens with one attached hydrogen (secondary N) is 1. The van der Waals surface area contributed by atoms with Crippen LogP contribution in [0.1, 0.15) is 21.5 Å². The number of hydrogen-bond acceptors (Lipinski definition) is 3. The second kappa shape index (κ2) is 6.64. The van der Waals surface area contributed by atoms with Crippen LogP contribution in [0.3, 0.4) is 0 Å². The van der Waals surface area contributed by atoms with E-state index in [1.807, 2.05) is 6.92 Å². The average molecular weight is 284 g/mol. The molecule has 0 saturated carbocycles. The summed E-state index contributed by atoms with van der Waals surface area (Å²) < 4.78 is 13.6. The van der Waals surface area contributed by atoms with E-state index in [9.17, 15) is 9.18 Å². The lowest BCUT2D eigenvalue weighted by Gasteiger charge is -2.07. The SMILES string of the molecule is Cc1ccc(F)c(NC(=O)c2cncc(C#CCO)c2)c1. The van der Waals surface area contributed by atoms with Gasteiger partial charge in [-0.2, -0.15) is 0 Å². The third-order valence-corrected chi connectivity index (χ3v) is 2.68. The number of aryl methyl sites for hydroxylation is 1. The summed E-state index contributed by atoms with van der Waals surface area (Å²) in [4.78, 5) is 16.0. The molecule has 21 heavy (non-hydrogen) atoms. The van der Waals surface area contributed by atoms with Gasteiger partial charge in [0.2, 0.25) is 0 Å². The van der Waals surface area contributed by atoms with Crippen molar-refractivity contribution in [2.75, 3.05) is 11.9 Å². The van der Waals surface area contributed by atoms with Crippen LogP contribution in [0.25, 0.3) is 0 Å². The first-order chi connectivity index (χ1) is 10.1. The van der Waals surface area contributed by atoms with Crippen molar-refractivity contribution in [1.82, 2.24) is 4.98 Å². The van der Waals surface area contributed by atoms with Crippen LogP contribution in [0.5, 0.6) is 0 Å². The minimum Gasteiger partial charge on any atom is -0.384 e. The lowest BCUT2D eigenvalue weighted by atomic mass is 10.1. The number of carbonyl (C=O) groups is 1. The van der Waals surface area contributed by atoms with Gasteiger partial charge in [0.05, 0.1) is 11.3 Å². The molecule has 0 aliphatic heterocycles. The van der Waals surface area contributed by atoms with E-state index in [1.54, 1.807) is 12.1 Å². The molecule has 1 amide bonds. The molecule has 1 aromatic heterocycles. The van der Waals surface area contributed by atoms with E-state index in [1.165, 1.54) is 24.5 Å². The maximum atomic E-state index is 13.6. The molecule has 2 rings (SSSR count). The van der Waals surface area contributed by atoms with Crippen molar-refractivity contribution >= 4 is 11.6 Å². The van der Waals surface area contributed by atoms with E-state index < -0.39 is 11.7 Å². The molecule has 0 saturated heterocycles. The fraction of sp³-hybridized carbons (Fsp3) is 0.125.